The molecule has 0 radical (unpaired) electrons. The lowest BCUT2D eigenvalue weighted by molar-refractivity contribution is 0.824. The number of hydrogen-bond donors (Lipinski definition) is 1. The predicted octanol–water partition coefficient (Wildman–Crippen LogP) is -0.427. The summed E-state index contributed by atoms with van der Waals surface area (Å²) in [5.41, 5.74) is 0. The van der Waals surface area contributed by atoms with Gasteiger partial charge >= 0.3 is 0 Å². The molecule has 0 fully saturated rings. The second-order valence-electron chi connectivity index (χ2n) is 0.100. The van der Waals surface area contributed by atoms with Gasteiger partial charge in [0.1, 0.15) is 5.40 Å². The Morgan fingerprint density at radius 3 is 1.75 bits per heavy atom. The van der Waals surface area contributed by atoms with E-state index in [1.165, 1.54) is 5.40 Å². The molecule has 0 aliphatic heterocycles. The Hall–Kier alpha value is -0.200. The van der Waals surface area contributed by atoms with Crippen LogP contribution in [0.5, 0.6) is 0 Å². The largest absolute Gasteiger partial charge is 0.412 e. The molecule has 0 spiro atoms. The fourth-order valence-corrected chi connectivity index (χ4v) is 0. The van der Waals surface area contributed by atoms with Crippen molar-refractivity contribution in [1.29, 1.82) is 5.26 Å². The zero-order chi connectivity index (χ0) is 2.71. The molecular weight excluding hydrogens is 74.1 g/mol. The van der Waals surface area contributed by atoms with Crippen molar-refractivity contribution in [3.8, 4) is 5.40 Å². The first-order chi connectivity index (χ1) is 1.41. The van der Waals surface area contributed by atoms with E-state index in [1.54, 1.807) is 0 Å². The third-order valence-electron chi connectivity index (χ3n) is 0. The highest BCUT2D eigenvalue weighted by molar-refractivity contribution is 7.85. The van der Waals surface area contributed by atoms with Crippen LogP contribution in [0.2, 0.25) is 0 Å². The van der Waals surface area contributed by atoms with E-state index < -0.39 is 0 Å². The molecule has 4 heavy (non-hydrogen) atoms. The quantitative estimate of drug-likeness (QED) is 0.309. The van der Waals surface area contributed by atoms with E-state index in [4.69, 9.17) is 5.26 Å². The topological polar surface area (TPSA) is 55.3 Å². The summed E-state index contributed by atoms with van der Waals surface area (Å²) in [6.07, 6.45) is 0. The fourth-order valence-electron chi connectivity index (χ4n) is 0. The molecule has 0 aliphatic carbocycles. The van der Waals surface area contributed by atoms with Gasteiger partial charge in [-0.2, -0.15) is 5.26 Å². The van der Waals surface area contributed by atoms with Gasteiger partial charge in [0.25, 0.3) is 0 Å². The molecule has 0 aromatic carbocycles. The Morgan fingerprint density at radius 2 is 1.75 bits per heavy atom. The monoisotopic (exact) mass is 77.0 g/mol. The molecule has 0 aromatic heterocycles. The lowest BCUT2D eigenvalue weighted by Gasteiger charge is -1.14. The molecule has 0 saturated heterocycles. The lowest BCUT2D eigenvalue weighted by Crippen LogP contribution is -0.961. The van der Waals surface area contributed by atoms with Gasteiger partial charge in [0, 0.05) is 0 Å². The fraction of sp³-hybridized carbons (Fsp3) is 0. The van der Waals surface area contributed by atoms with Crippen molar-refractivity contribution in [1.82, 2.24) is 0 Å². The van der Waals surface area contributed by atoms with Crippen molar-refractivity contribution in [2.24, 2.45) is 0 Å². The molecule has 0 amide bonds. The summed E-state index contributed by atoms with van der Waals surface area (Å²) >= 11 is 3.09. The number of nitrogens with zero attached hydrogens (tertiary/aromatic N) is 1. The Morgan fingerprint density at radius 1 is 1.75 bits per heavy atom. The third kappa shape index (κ3) is 28.8. The lowest BCUT2D eigenvalue weighted by atomic mass is 11.8. The molecule has 2 N–H and O–H groups in total. The molecule has 0 atom stereocenters. The average Bonchev–Trinajstić information content (AvgIpc) is 0.918. The van der Waals surface area contributed by atoms with E-state index in [2.05, 4.69) is 12.6 Å². The standard InChI is InChI=1S/CHNS.H2O/c2-1-3;/h3H;1H2. The van der Waals surface area contributed by atoms with Crippen LogP contribution >= 0.6 is 12.6 Å². The zero-order valence-corrected chi connectivity index (χ0v) is 2.79. The second kappa shape index (κ2) is 14.2. The highest BCUT2D eigenvalue weighted by atomic mass is 32.1. The Kier molecular flexibility index (Phi) is 32.6. The first-order valence-electron chi connectivity index (χ1n) is 0.447. The van der Waals surface area contributed by atoms with E-state index >= 15 is 0 Å². The molecular formula is CH3NOS. The van der Waals surface area contributed by atoms with Crippen LogP contribution in [0.25, 0.3) is 0 Å². The molecule has 0 aliphatic rings. The van der Waals surface area contributed by atoms with Gasteiger partial charge in [0.15, 0.2) is 0 Å². The van der Waals surface area contributed by atoms with Crippen LogP contribution in [-0.2, 0) is 0 Å². The van der Waals surface area contributed by atoms with Crippen LogP contribution in [0, 0.1) is 10.7 Å². The minimum Gasteiger partial charge on any atom is -0.412 e. The summed E-state index contributed by atoms with van der Waals surface area (Å²) in [7, 11) is 0. The highest BCUT2D eigenvalue weighted by Gasteiger charge is 1.18. The van der Waals surface area contributed by atoms with Crippen LogP contribution < -0.4 is 0 Å². The van der Waals surface area contributed by atoms with Crippen LogP contribution in [0.1, 0.15) is 0 Å². The van der Waals surface area contributed by atoms with Gasteiger partial charge in [-0.1, -0.05) is 12.6 Å². The van der Waals surface area contributed by atoms with Crippen molar-refractivity contribution < 1.29 is 5.48 Å². The number of nitriles is 1. The third-order valence-corrected chi connectivity index (χ3v) is 0. The first-order valence-corrected chi connectivity index (χ1v) is 0.894. The van der Waals surface area contributed by atoms with Gasteiger partial charge in [-0.25, -0.2) is 0 Å². The maximum atomic E-state index is 7.18. The van der Waals surface area contributed by atoms with E-state index in [1.807, 2.05) is 0 Å². The van der Waals surface area contributed by atoms with Crippen molar-refractivity contribution >= 4 is 12.6 Å². The highest BCUT2D eigenvalue weighted by Crippen LogP contribution is 1.46. The molecule has 2 nitrogen and oxygen atoms in total. The minimum atomic E-state index is 0. The van der Waals surface area contributed by atoms with Crippen molar-refractivity contribution in [2.75, 3.05) is 0 Å². The normalized spacial score (nSPS) is 2.00. The molecule has 0 unspecified atom stereocenters. The smallest absolute Gasteiger partial charge is 0.130 e. The number of hydrogen-bond acceptors (Lipinski definition) is 2. The van der Waals surface area contributed by atoms with Gasteiger partial charge in [-0.15, -0.1) is 0 Å². The summed E-state index contributed by atoms with van der Waals surface area (Å²) in [6, 6.07) is 0. The van der Waals surface area contributed by atoms with E-state index in [0.29, 0.717) is 0 Å². The van der Waals surface area contributed by atoms with Crippen LogP contribution in [0.4, 0.5) is 0 Å². The van der Waals surface area contributed by atoms with Gasteiger partial charge < -0.3 is 5.48 Å². The molecule has 24 valence electrons. The Bertz CT molecular complexity index is 29.5. The maximum Gasteiger partial charge on any atom is 0.130 e. The minimum absolute atomic E-state index is 0. The molecule has 0 aromatic rings. The van der Waals surface area contributed by atoms with E-state index in [0.717, 1.165) is 0 Å². The Balaban J connectivity index is 0. The average molecular weight is 77.1 g/mol. The molecule has 0 saturated carbocycles. The summed E-state index contributed by atoms with van der Waals surface area (Å²) in [6.45, 7) is 0. The zero-order valence-electron chi connectivity index (χ0n) is 1.89. The molecule has 3 heteroatoms. The van der Waals surface area contributed by atoms with Crippen molar-refractivity contribution in [2.45, 2.75) is 0 Å². The van der Waals surface area contributed by atoms with Crippen LogP contribution in [0.3, 0.4) is 0 Å². The van der Waals surface area contributed by atoms with Gasteiger partial charge in [0.05, 0.1) is 0 Å². The summed E-state index contributed by atoms with van der Waals surface area (Å²) < 4.78 is 0. The number of thiocyanates is 1. The van der Waals surface area contributed by atoms with Crippen molar-refractivity contribution in [3.05, 3.63) is 0 Å². The summed E-state index contributed by atoms with van der Waals surface area (Å²) in [4.78, 5) is 0. The molecule has 0 heterocycles. The maximum absolute atomic E-state index is 7.18. The SMILES string of the molecule is N#CS.O. The van der Waals surface area contributed by atoms with E-state index in [9.17, 15) is 0 Å². The van der Waals surface area contributed by atoms with Crippen LogP contribution in [0.15, 0.2) is 0 Å². The van der Waals surface area contributed by atoms with E-state index in [-0.39, 0.29) is 5.48 Å². The molecule has 0 bridgehead atoms. The molecule has 0 rings (SSSR count). The number of thiol groups is 1. The van der Waals surface area contributed by atoms with Crippen LogP contribution in [-0.4, -0.2) is 5.48 Å². The Labute approximate surface area is 29.8 Å². The van der Waals surface area contributed by atoms with Crippen molar-refractivity contribution in [3.63, 3.8) is 0 Å². The predicted molar refractivity (Wildman–Crippen MR) is 18.2 cm³/mol. The first kappa shape index (κ1) is 9.20. The van der Waals surface area contributed by atoms with Gasteiger partial charge in [0.2, 0.25) is 0 Å². The van der Waals surface area contributed by atoms with Gasteiger partial charge in [-0.05, 0) is 0 Å². The summed E-state index contributed by atoms with van der Waals surface area (Å²) in [5, 5.41) is 8.63. The summed E-state index contributed by atoms with van der Waals surface area (Å²) in [5.74, 6) is 0. The second-order valence-corrected chi connectivity index (χ2v) is 0.300. The van der Waals surface area contributed by atoms with Gasteiger partial charge in [-0.3, -0.25) is 0 Å². The number of rotatable bonds is 0.